The van der Waals surface area contributed by atoms with Gasteiger partial charge in [0.1, 0.15) is 11.8 Å². The second-order valence-corrected chi connectivity index (χ2v) is 5.90. The molecule has 1 fully saturated rings. The normalized spacial score (nSPS) is 20.0. The lowest BCUT2D eigenvalue weighted by atomic mass is 9.98. The van der Waals surface area contributed by atoms with Crippen LogP contribution in [0.3, 0.4) is 0 Å². The van der Waals surface area contributed by atoms with Gasteiger partial charge >= 0.3 is 5.97 Å². The van der Waals surface area contributed by atoms with Gasteiger partial charge in [-0.05, 0) is 50.4 Å². The van der Waals surface area contributed by atoms with Crippen molar-refractivity contribution >= 4 is 5.97 Å². The van der Waals surface area contributed by atoms with Gasteiger partial charge in [0.15, 0.2) is 0 Å². The van der Waals surface area contributed by atoms with Gasteiger partial charge in [-0.3, -0.25) is 9.69 Å². The first-order valence-electron chi connectivity index (χ1n) is 8.38. The van der Waals surface area contributed by atoms with E-state index in [0.717, 1.165) is 44.4 Å². The first-order valence-corrected chi connectivity index (χ1v) is 8.38. The summed E-state index contributed by atoms with van der Waals surface area (Å²) in [5.41, 5.74) is 1.17. The summed E-state index contributed by atoms with van der Waals surface area (Å²) in [7, 11) is 0. The molecule has 2 unspecified atom stereocenters. The number of aliphatic carboxylic acids is 1. The smallest absolute Gasteiger partial charge is 0.320 e. The molecule has 1 aromatic rings. The Labute approximate surface area is 133 Å². The lowest BCUT2D eigenvalue weighted by Crippen LogP contribution is -2.38. The molecule has 0 amide bonds. The van der Waals surface area contributed by atoms with E-state index >= 15 is 0 Å². The fourth-order valence-electron chi connectivity index (χ4n) is 3.33. The summed E-state index contributed by atoms with van der Waals surface area (Å²) in [6, 6.07) is 7.95. The van der Waals surface area contributed by atoms with Crippen molar-refractivity contribution in [3.63, 3.8) is 0 Å². The Morgan fingerprint density at radius 3 is 2.95 bits per heavy atom. The summed E-state index contributed by atoms with van der Waals surface area (Å²) in [4.78, 5) is 13.7. The van der Waals surface area contributed by atoms with E-state index in [2.05, 4.69) is 24.0 Å². The molecule has 1 saturated heterocycles. The molecule has 2 rings (SSSR count). The molecule has 1 aliphatic rings. The molecule has 0 radical (unpaired) electrons. The van der Waals surface area contributed by atoms with Crippen molar-refractivity contribution in [2.45, 2.75) is 58.0 Å². The van der Waals surface area contributed by atoms with E-state index in [0.29, 0.717) is 6.61 Å². The minimum absolute atomic E-state index is 0.170. The second-order valence-electron chi connectivity index (χ2n) is 5.90. The second kappa shape index (κ2) is 8.18. The summed E-state index contributed by atoms with van der Waals surface area (Å²) >= 11 is 0. The number of hydrogen-bond donors (Lipinski definition) is 1. The number of unbranched alkanes of at least 4 members (excludes halogenated alkanes) is 1. The maximum atomic E-state index is 11.5. The number of nitrogens with zero attached hydrogens (tertiary/aromatic N) is 1. The predicted octanol–water partition coefficient (Wildman–Crippen LogP) is 3.87. The summed E-state index contributed by atoms with van der Waals surface area (Å²) in [6.45, 7) is 5.66. The van der Waals surface area contributed by atoms with Crippen molar-refractivity contribution in [3.8, 4) is 5.75 Å². The molecule has 22 heavy (non-hydrogen) atoms. The van der Waals surface area contributed by atoms with Gasteiger partial charge in [0, 0.05) is 6.04 Å². The van der Waals surface area contributed by atoms with Gasteiger partial charge in [-0.25, -0.2) is 0 Å². The molecule has 4 nitrogen and oxygen atoms in total. The number of hydrogen-bond acceptors (Lipinski definition) is 3. The molecule has 1 aliphatic heterocycles. The van der Waals surface area contributed by atoms with Crippen LogP contribution in [0, 0.1) is 0 Å². The third-order valence-corrected chi connectivity index (χ3v) is 4.36. The number of likely N-dealkylation sites (tertiary alicyclic amines) is 1. The van der Waals surface area contributed by atoms with Crippen molar-refractivity contribution in [2.24, 2.45) is 0 Å². The van der Waals surface area contributed by atoms with Crippen molar-refractivity contribution < 1.29 is 14.6 Å². The Morgan fingerprint density at radius 2 is 2.27 bits per heavy atom. The predicted molar refractivity (Wildman–Crippen MR) is 87.2 cm³/mol. The highest BCUT2D eigenvalue weighted by atomic mass is 16.5. The first kappa shape index (κ1) is 16.8. The highest BCUT2D eigenvalue weighted by Gasteiger charge is 2.35. The standard InChI is InChI=1S/C18H27NO3/c1-3-5-10-16(19-12-7-11-17(19)18(20)21)14-8-6-9-15(13-14)22-4-2/h6,8-9,13,16-17H,3-5,7,10-12H2,1-2H3,(H,20,21). The van der Waals surface area contributed by atoms with Crippen LogP contribution in [0.2, 0.25) is 0 Å². The molecule has 0 aliphatic carbocycles. The number of carboxylic acids is 1. The van der Waals surface area contributed by atoms with E-state index in [9.17, 15) is 9.90 Å². The third kappa shape index (κ3) is 4.01. The molecule has 1 heterocycles. The van der Waals surface area contributed by atoms with Crippen LogP contribution in [0.25, 0.3) is 0 Å². The van der Waals surface area contributed by atoms with Crippen molar-refractivity contribution in [1.29, 1.82) is 0 Å². The van der Waals surface area contributed by atoms with Crippen LogP contribution in [-0.2, 0) is 4.79 Å². The van der Waals surface area contributed by atoms with Gasteiger partial charge in [-0.2, -0.15) is 0 Å². The van der Waals surface area contributed by atoms with Crippen LogP contribution in [0.5, 0.6) is 5.75 Å². The van der Waals surface area contributed by atoms with Crippen LogP contribution >= 0.6 is 0 Å². The summed E-state index contributed by atoms with van der Waals surface area (Å²) in [5.74, 6) is 0.174. The van der Waals surface area contributed by atoms with Crippen molar-refractivity contribution in [2.75, 3.05) is 13.2 Å². The minimum Gasteiger partial charge on any atom is -0.494 e. The summed E-state index contributed by atoms with van der Waals surface area (Å²) < 4.78 is 5.60. The van der Waals surface area contributed by atoms with Gasteiger partial charge in [-0.15, -0.1) is 0 Å². The molecule has 0 aromatic heterocycles. The highest BCUT2D eigenvalue weighted by Crippen LogP contribution is 2.34. The largest absolute Gasteiger partial charge is 0.494 e. The van der Waals surface area contributed by atoms with Gasteiger partial charge in [0.25, 0.3) is 0 Å². The maximum Gasteiger partial charge on any atom is 0.320 e. The molecule has 4 heteroatoms. The zero-order valence-electron chi connectivity index (χ0n) is 13.6. The molecule has 0 bridgehead atoms. The van der Waals surface area contributed by atoms with E-state index < -0.39 is 5.97 Å². The number of rotatable bonds is 8. The monoisotopic (exact) mass is 305 g/mol. The zero-order valence-corrected chi connectivity index (χ0v) is 13.6. The number of ether oxygens (including phenoxy) is 1. The summed E-state index contributed by atoms with van der Waals surface area (Å²) in [6.07, 6.45) is 4.93. The van der Waals surface area contributed by atoms with Crippen LogP contribution < -0.4 is 4.74 Å². The van der Waals surface area contributed by atoms with Crippen molar-refractivity contribution in [1.82, 2.24) is 4.90 Å². The molecule has 1 aromatic carbocycles. The minimum atomic E-state index is -0.694. The lowest BCUT2D eigenvalue weighted by molar-refractivity contribution is -0.143. The topological polar surface area (TPSA) is 49.8 Å². The van der Waals surface area contributed by atoms with E-state index in [-0.39, 0.29) is 12.1 Å². The van der Waals surface area contributed by atoms with Gasteiger partial charge in [0.2, 0.25) is 0 Å². The lowest BCUT2D eigenvalue weighted by Gasteiger charge is -2.31. The third-order valence-electron chi connectivity index (χ3n) is 4.36. The average Bonchev–Trinajstić information content (AvgIpc) is 2.98. The van der Waals surface area contributed by atoms with Gasteiger partial charge in [-0.1, -0.05) is 31.9 Å². The number of carbonyl (C=O) groups is 1. The van der Waals surface area contributed by atoms with E-state index in [1.165, 1.54) is 5.56 Å². The number of benzene rings is 1. The molecule has 122 valence electrons. The maximum absolute atomic E-state index is 11.5. The quantitative estimate of drug-likeness (QED) is 0.792. The van der Waals surface area contributed by atoms with E-state index in [4.69, 9.17) is 4.74 Å². The zero-order chi connectivity index (χ0) is 15.9. The van der Waals surface area contributed by atoms with Crippen LogP contribution in [0.1, 0.15) is 57.6 Å². The van der Waals surface area contributed by atoms with E-state index in [1.807, 2.05) is 19.1 Å². The fourth-order valence-corrected chi connectivity index (χ4v) is 3.33. The van der Waals surface area contributed by atoms with Crippen molar-refractivity contribution in [3.05, 3.63) is 29.8 Å². The van der Waals surface area contributed by atoms with Crippen LogP contribution in [-0.4, -0.2) is 35.2 Å². The molecular weight excluding hydrogens is 278 g/mol. The van der Waals surface area contributed by atoms with E-state index in [1.54, 1.807) is 0 Å². The highest BCUT2D eigenvalue weighted by molar-refractivity contribution is 5.73. The average molecular weight is 305 g/mol. The SMILES string of the molecule is CCCCC(c1cccc(OCC)c1)N1CCCC1C(=O)O. The fraction of sp³-hybridized carbons (Fsp3) is 0.611. The molecule has 1 N–H and O–H groups in total. The Bertz CT molecular complexity index is 489. The Morgan fingerprint density at radius 1 is 1.45 bits per heavy atom. The molecular formula is C18H27NO3. The van der Waals surface area contributed by atoms with Gasteiger partial charge in [0.05, 0.1) is 6.61 Å². The van der Waals surface area contributed by atoms with Crippen LogP contribution in [0.15, 0.2) is 24.3 Å². The number of carboxylic acid groups (broad SMARTS) is 1. The summed E-state index contributed by atoms with van der Waals surface area (Å²) in [5, 5.41) is 9.48. The Hall–Kier alpha value is -1.55. The first-order chi connectivity index (χ1) is 10.7. The van der Waals surface area contributed by atoms with Gasteiger partial charge < -0.3 is 9.84 Å². The molecule has 0 spiro atoms. The van der Waals surface area contributed by atoms with Crippen LogP contribution in [0.4, 0.5) is 0 Å². The Kier molecular flexibility index (Phi) is 6.25. The molecule has 2 atom stereocenters. The molecule has 0 saturated carbocycles. The Balaban J connectivity index is 2.25.